The predicted molar refractivity (Wildman–Crippen MR) is 95.5 cm³/mol. The van der Waals surface area contributed by atoms with E-state index in [2.05, 4.69) is 22.3 Å². The lowest BCUT2D eigenvalue weighted by molar-refractivity contribution is 0.204. The summed E-state index contributed by atoms with van der Waals surface area (Å²) in [7, 11) is 0. The maximum absolute atomic E-state index is 10.3. The molecule has 0 saturated carbocycles. The van der Waals surface area contributed by atoms with E-state index in [0.717, 1.165) is 21.2 Å². The van der Waals surface area contributed by atoms with Crippen molar-refractivity contribution in [3.05, 3.63) is 59.1 Å². The Balaban J connectivity index is 1.59. The average molecular weight is 362 g/mol. The number of aliphatic hydroxyl groups is 1. The number of aromatic nitrogens is 3. The summed E-state index contributed by atoms with van der Waals surface area (Å²) in [5.41, 5.74) is 1.94. The van der Waals surface area contributed by atoms with E-state index < -0.39 is 6.10 Å². The van der Waals surface area contributed by atoms with E-state index in [-0.39, 0.29) is 0 Å². The molecule has 0 fully saturated rings. The van der Waals surface area contributed by atoms with Crippen molar-refractivity contribution in [1.29, 1.82) is 0 Å². The van der Waals surface area contributed by atoms with Crippen molar-refractivity contribution < 1.29 is 5.11 Å². The quantitative estimate of drug-likeness (QED) is 0.546. The van der Waals surface area contributed by atoms with Crippen LogP contribution in [0, 0.1) is 0 Å². The van der Waals surface area contributed by atoms with Gasteiger partial charge in [-0.05, 0) is 29.8 Å². The molecule has 2 aromatic heterocycles. The van der Waals surface area contributed by atoms with Crippen molar-refractivity contribution in [2.75, 3.05) is 5.75 Å². The highest BCUT2D eigenvalue weighted by Crippen LogP contribution is 2.31. The molecular formula is C16H12ClN3OS2. The molecule has 116 valence electrons. The Morgan fingerprint density at radius 3 is 2.74 bits per heavy atom. The smallest absolute Gasteiger partial charge is 0.217 e. The van der Waals surface area contributed by atoms with Gasteiger partial charge in [-0.25, -0.2) is 0 Å². The number of fused-ring (bicyclic) bond motifs is 3. The molecular weight excluding hydrogens is 350 g/mol. The first-order chi connectivity index (χ1) is 11.2. The average Bonchev–Trinajstić information content (AvgIpc) is 3.12. The fourth-order valence-corrected chi connectivity index (χ4v) is 4.44. The summed E-state index contributed by atoms with van der Waals surface area (Å²) >= 11 is 8.99. The highest BCUT2D eigenvalue weighted by Gasteiger charge is 2.15. The molecule has 0 radical (unpaired) electrons. The van der Waals surface area contributed by atoms with Crippen molar-refractivity contribution in [2.45, 2.75) is 11.3 Å². The van der Waals surface area contributed by atoms with Crippen molar-refractivity contribution >= 4 is 49.9 Å². The Hall–Kier alpha value is -1.60. The van der Waals surface area contributed by atoms with Gasteiger partial charge in [0.2, 0.25) is 4.96 Å². The largest absolute Gasteiger partial charge is 0.388 e. The molecule has 0 amide bonds. The summed E-state index contributed by atoms with van der Waals surface area (Å²) in [6.07, 6.45) is -0.575. The van der Waals surface area contributed by atoms with Gasteiger partial charge in [-0.1, -0.05) is 59.0 Å². The standard InChI is InChI=1S/C16H12ClN3OS2/c17-11-7-5-10(6-8-11)13(21)9-22-15-18-19-16-20(15)12-3-1-2-4-14(12)23-16/h1-8,13,21H,9H2. The van der Waals surface area contributed by atoms with E-state index in [9.17, 15) is 5.11 Å². The number of rotatable bonds is 4. The van der Waals surface area contributed by atoms with Crippen LogP contribution < -0.4 is 0 Å². The molecule has 4 nitrogen and oxygen atoms in total. The Morgan fingerprint density at radius 2 is 1.91 bits per heavy atom. The monoisotopic (exact) mass is 361 g/mol. The van der Waals surface area contributed by atoms with Crippen LogP contribution in [0.5, 0.6) is 0 Å². The molecule has 4 aromatic rings. The third-order valence-corrected chi connectivity index (χ3v) is 5.80. The Kier molecular flexibility index (Phi) is 3.98. The lowest BCUT2D eigenvalue weighted by Gasteiger charge is -2.09. The van der Waals surface area contributed by atoms with Gasteiger partial charge in [0.05, 0.1) is 16.3 Å². The maximum Gasteiger partial charge on any atom is 0.217 e. The maximum atomic E-state index is 10.3. The molecule has 0 spiro atoms. The van der Waals surface area contributed by atoms with Crippen molar-refractivity contribution in [3.8, 4) is 0 Å². The van der Waals surface area contributed by atoms with Crippen LogP contribution in [0.15, 0.2) is 53.7 Å². The van der Waals surface area contributed by atoms with Gasteiger partial charge in [0.25, 0.3) is 0 Å². The molecule has 7 heteroatoms. The molecule has 0 bridgehead atoms. The molecule has 23 heavy (non-hydrogen) atoms. The van der Waals surface area contributed by atoms with Crippen LogP contribution in [0.2, 0.25) is 5.02 Å². The van der Waals surface area contributed by atoms with Gasteiger partial charge in [-0.2, -0.15) is 0 Å². The highest BCUT2D eigenvalue weighted by atomic mass is 35.5. The third-order valence-electron chi connectivity index (χ3n) is 3.54. The number of nitrogens with zero attached hydrogens (tertiary/aromatic N) is 3. The normalized spacial score (nSPS) is 13.0. The number of halogens is 1. The number of thiazole rings is 1. The lowest BCUT2D eigenvalue weighted by atomic mass is 10.1. The molecule has 2 aromatic carbocycles. The predicted octanol–water partition coefficient (Wildman–Crippen LogP) is 4.42. The van der Waals surface area contributed by atoms with E-state index in [1.807, 2.05) is 28.7 Å². The first-order valence-electron chi connectivity index (χ1n) is 7.01. The summed E-state index contributed by atoms with van der Waals surface area (Å²) in [5, 5.41) is 20.3. The van der Waals surface area contributed by atoms with Gasteiger partial charge in [0.1, 0.15) is 0 Å². The minimum absolute atomic E-state index is 0.507. The van der Waals surface area contributed by atoms with E-state index in [4.69, 9.17) is 11.6 Å². The van der Waals surface area contributed by atoms with Crippen LogP contribution in [0.3, 0.4) is 0 Å². The molecule has 2 heterocycles. The Morgan fingerprint density at radius 1 is 1.13 bits per heavy atom. The minimum Gasteiger partial charge on any atom is -0.388 e. The second-order valence-electron chi connectivity index (χ2n) is 5.05. The number of thioether (sulfide) groups is 1. The minimum atomic E-state index is -0.575. The SMILES string of the molecule is OC(CSc1nnc2sc3ccccc3n12)c1ccc(Cl)cc1. The van der Waals surface area contributed by atoms with Crippen LogP contribution in [-0.4, -0.2) is 25.5 Å². The van der Waals surface area contributed by atoms with Gasteiger partial charge in [0, 0.05) is 10.8 Å². The van der Waals surface area contributed by atoms with Gasteiger partial charge < -0.3 is 5.11 Å². The molecule has 0 aliphatic carbocycles. The third kappa shape index (κ3) is 2.83. The first-order valence-corrected chi connectivity index (χ1v) is 9.19. The zero-order chi connectivity index (χ0) is 15.8. The van der Waals surface area contributed by atoms with Crippen molar-refractivity contribution in [3.63, 3.8) is 0 Å². The Bertz CT molecular complexity index is 964. The molecule has 4 rings (SSSR count). The summed E-state index contributed by atoms with van der Waals surface area (Å²) in [6.45, 7) is 0. The van der Waals surface area contributed by atoms with Crippen LogP contribution in [-0.2, 0) is 0 Å². The molecule has 0 aliphatic rings. The van der Waals surface area contributed by atoms with Crippen LogP contribution in [0.25, 0.3) is 15.2 Å². The first kappa shape index (κ1) is 15.0. The molecule has 1 atom stereocenters. The summed E-state index contributed by atoms with van der Waals surface area (Å²) in [5.74, 6) is 0.507. The fourth-order valence-electron chi connectivity index (χ4n) is 2.38. The number of hydrogen-bond acceptors (Lipinski definition) is 5. The van der Waals surface area contributed by atoms with E-state index in [1.54, 1.807) is 23.5 Å². The molecule has 0 saturated heterocycles. The molecule has 1 N–H and O–H groups in total. The zero-order valence-corrected chi connectivity index (χ0v) is 14.3. The molecule has 0 aliphatic heterocycles. The second-order valence-corrected chi connectivity index (χ2v) is 7.48. The van der Waals surface area contributed by atoms with Crippen LogP contribution in [0.4, 0.5) is 0 Å². The van der Waals surface area contributed by atoms with Gasteiger partial charge in [-0.3, -0.25) is 4.40 Å². The topological polar surface area (TPSA) is 50.4 Å². The number of benzene rings is 2. The summed E-state index contributed by atoms with van der Waals surface area (Å²) in [6, 6.07) is 15.4. The highest BCUT2D eigenvalue weighted by molar-refractivity contribution is 7.99. The fraction of sp³-hybridized carbons (Fsp3) is 0.125. The number of para-hydroxylation sites is 1. The van der Waals surface area contributed by atoms with Crippen molar-refractivity contribution in [1.82, 2.24) is 14.6 Å². The van der Waals surface area contributed by atoms with Crippen molar-refractivity contribution in [2.24, 2.45) is 0 Å². The summed E-state index contributed by atoms with van der Waals surface area (Å²) < 4.78 is 3.22. The van der Waals surface area contributed by atoms with Gasteiger partial charge in [0.15, 0.2) is 5.16 Å². The lowest BCUT2D eigenvalue weighted by Crippen LogP contribution is -2.01. The van der Waals surface area contributed by atoms with Crippen LogP contribution in [0.1, 0.15) is 11.7 Å². The zero-order valence-electron chi connectivity index (χ0n) is 11.9. The molecule has 1 unspecified atom stereocenters. The van der Waals surface area contributed by atoms with Gasteiger partial charge >= 0.3 is 0 Å². The number of hydrogen-bond donors (Lipinski definition) is 1. The van der Waals surface area contributed by atoms with E-state index >= 15 is 0 Å². The van der Waals surface area contributed by atoms with E-state index in [0.29, 0.717) is 10.8 Å². The van der Waals surface area contributed by atoms with E-state index in [1.165, 1.54) is 16.5 Å². The van der Waals surface area contributed by atoms with Crippen LogP contribution >= 0.6 is 34.7 Å². The summed E-state index contributed by atoms with van der Waals surface area (Å²) in [4.78, 5) is 0.870. The number of aliphatic hydroxyl groups excluding tert-OH is 1. The Labute approximate surface area is 145 Å². The second kappa shape index (κ2) is 6.13. The van der Waals surface area contributed by atoms with Gasteiger partial charge in [-0.15, -0.1) is 10.2 Å².